The Morgan fingerprint density at radius 1 is 1.08 bits per heavy atom. The normalized spacial score (nSPS) is 21.1. The zero-order valence-corrected chi connectivity index (χ0v) is 14.5. The third kappa shape index (κ3) is 3.26. The Morgan fingerprint density at radius 2 is 1.80 bits per heavy atom. The average Bonchev–Trinajstić information content (AvgIpc) is 2.69. The van der Waals surface area contributed by atoms with Crippen LogP contribution in [0.3, 0.4) is 0 Å². The number of hydrogen-bond donors (Lipinski definition) is 2. The van der Waals surface area contributed by atoms with Crippen LogP contribution in [-0.2, 0) is 10.2 Å². The van der Waals surface area contributed by atoms with Crippen molar-refractivity contribution in [3.05, 3.63) is 63.8 Å². The minimum atomic E-state index is -0.262. The molecule has 0 saturated carbocycles. The van der Waals surface area contributed by atoms with E-state index in [1.165, 1.54) is 5.56 Å². The summed E-state index contributed by atoms with van der Waals surface area (Å²) in [5.74, 6) is 1.18. The minimum Gasteiger partial charge on any atom is -0.381 e. The van der Waals surface area contributed by atoms with E-state index in [1.807, 2.05) is 6.07 Å². The lowest BCUT2D eigenvalue weighted by atomic mass is 9.73. The molecule has 5 heteroatoms. The van der Waals surface area contributed by atoms with Crippen molar-refractivity contribution in [2.45, 2.75) is 37.0 Å². The summed E-state index contributed by atoms with van der Waals surface area (Å²) in [6.07, 6.45) is 3.76. The summed E-state index contributed by atoms with van der Waals surface area (Å²) in [5, 5.41) is 3.38. The minimum absolute atomic E-state index is 0.0414. The van der Waals surface area contributed by atoms with Crippen LogP contribution in [0.4, 0.5) is 0 Å². The molecule has 0 unspecified atom stereocenters. The molecule has 2 aliphatic heterocycles. The standard InChI is InChI=1S/C20H25N3O2/c24-18-14-17(15-6-10-21-11-7-15)22-19(23-18)20(8-12-25-13-9-20)16-4-2-1-3-5-16/h1-5,14-15,21H,6-13H2,(H,22,23,24). The molecule has 2 fully saturated rings. The fourth-order valence-corrected chi connectivity index (χ4v) is 4.17. The summed E-state index contributed by atoms with van der Waals surface area (Å²) in [4.78, 5) is 20.5. The van der Waals surface area contributed by atoms with E-state index in [0.29, 0.717) is 19.1 Å². The second kappa shape index (κ2) is 7.10. The summed E-state index contributed by atoms with van der Waals surface area (Å²) in [7, 11) is 0. The molecule has 2 aliphatic rings. The van der Waals surface area contributed by atoms with Crippen molar-refractivity contribution in [2.24, 2.45) is 0 Å². The predicted molar refractivity (Wildman–Crippen MR) is 97.0 cm³/mol. The fourth-order valence-electron chi connectivity index (χ4n) is 4.17. The van der Waals surface area contributed by atoms with E-state index in [1.54, 1.807) is 6.07 Å². The topological polar surface area (TPSA) is 67.0 Å². The van der Waals surface area contributed by atoms with Gasteiger partial charge in [-0.3, -0.25) is 4.79 Å². The van der Waals surface area contributed by atoms with Gasteiger partial charge in [0.2, 0.25) is 0 Å². The first-order chi connectivity index (χ1) is 12.3. The van der Waals surface area contributed by atoms with E-state index < -0.39 is 0 Å². The number of rotatable bonds is 3. The maximum atomic E-state index is 12.4. The Morgan fingerprint density at radius 3 is 2.52 bits per heavy atom. The molecule has 2 aromatic rings. The van der Waals surface area contributed by atoms with Crippen molar-refractivity contribution in [1.82, 2.24) is 15.3 Å². The predicted octanol–water partition coefficient (Wildman–Crippen LogP) is 2.33. The second-order valence-corrected chi connectivity index (χ2v) is 7.10. The molecule has 0 amide bonds. The van der Waals surface area contributed by atoms with E-state index in [2.05, 4.69) is 34.6 Å². The largest absolute Gasteiger partial charge is 0.381 e. The van der Waals surface area contributed by atoms with Crippen LogP contribution >= 0.6 is 0 Å². The van der Waals surface area contributed by atoms with Gasteiger partial charge in [-0.25, -0.2) is 4.98 Å². The first kappa shape index (κ1) is 16.5. The number of aromatic amines is 1. The Kier molecular flexibility index (Phi) is 4.68. The Labute approximate surface area is 147 Å². The van der Waals surface area contributed by atoms with E-state index in [4.69, 9.17) is 9.72 Å². The van der Waals surface area contributed by atoms with Crippen molar-refractivity contribution in [3.63, 3.8) is 0 Å². The third-order valence-electron chi connectivity index (χ3n) is 5.64. The summed E-state index contributed by atoms with van der Waals surface area (Å²) in [6, 6.07) is 12.1. The quantitative estimate of drug-likeness (QED) is 0.901. The van der Waals surface area contributed by atoms with Crippen LogP contribution in [0.15, 0.2) is 41.2 Å². The lowest BCUT2D eigenvalue weighted by Crippen LogP contribution is -2.39. The number of nitrogens with zero attached hydrogens (tertiary/aromatic N) is 1. The zero-order chi connectivity index (χ0) is 17.1. The van der Waals surface area contributed by atoms with Crippen molar-refractivity contribution in [1.29, 1.82) is 0 Å². The number of hydrogen-bond acceptors (Lipinski definition) is 4. The van der Waals surface area contributed by atoms with Crippen LogP contribution in [0, 0.1) is 0 Å². The maximum absolute atomic E-state index is 12.4. The average molecular weight is 339 g/mol. The molecule has 0 radical (unpaired) electrons. The molecule has 0 atom stereocenters. The first-order valence-corrected chi connectivity index (χ1v) is 9.24. The molecule has 2 N–H and O–H groups in total. The maximum Gasteiger partial charge on any atom is 0.251 e. The van der Waals surface area contributed by atoms with Gasteiger partial charge < -0.3 is 15.0 Å². The molecular weight excluding hydrogens is 314 g/mol. The smallest absolute Gasteiger partial charge is 0.251 e. The Bertz CT molecular complexity index is 760. The fraction of sp³-hybridized carbons (Fsp3) is 0.500. The molecule has 5 nitrogen and oxygen atoms in total. The summed E-state index contributed by atoms with van der Waals surface area (Å²) in [6.45, 7) is 3.37. The van der Waals surface area contributed by atoms with Crippen molar-refractivity contribution in [2.75, 3.05) is 26.3 Å². The monoisotopic (exact) mass is 339 g/mol. The van der Waals surface area contributed by atoms with Crippen LogP contribution < -0.4 is 10.9 Å². The van der Waals surface area contributed by atoms with Gasteiger partial charge in [0, 0.05) is 25.2 Å². The van der Waals surface area contributed by atoms with Crippen LogP contribution in [0.5, 0.6) is 0 Å². The molecule has 0 bridgehead atoms. The number of benzene rings is 1. The molecule has 2 saturated heterocycles. The van der Waals surface area contributed by atoms with E-state index in [-0.39, 0.29) is 11.0 Å². The number of aromatic nitrogens is 2. The van der Waals surface area contributed by atoms with Crippen molar-refractivity contribution < 1.29 is 4.74 Å². The van der Waals surface area contributed by atoms with Gasteiger partial charge in [-0.05, 0) is 44.3 Å². The van der Waals surface area contributed by atoms with E-state index in [9.17, 15) is 4.79 Å². The van der Waals surface area contributed by atoms with Gasteiger partial charge in [0.1, 0.15) is 5.82 Å². The van der Waals surface area contributed by atoms with Gasteiger partial charge >= 0.3 is 0 Å². The molecule has 1 aromatic carbocycles. The van der Waals surface area contributed by atoms with Crippen LogP contribution in [-0.4, -0.2) is 36.3 Å². The van der Waals surface area contributed by atoms with Gasteiger partial charge in [0.15, 0.2) is 0 Å². The Hall–Kier alpha value is -1.98. The van der Waals surface area contributed by atoms with E-state index in [0.717, 1.165) is 50.3 Å². The highest BCUT2D eigenvalue weighted by atomic mass is 16.5. The molecule has 132 valence electrons. The molecule has 0 spiro atoms. The van der Waals surface area contributed by atoms with Gasteiger partial charge in [-0.15, -0.1) is 0 Å². The number of nitrogens with one attached hydrogen (secondary N) is 2. The van der Waals surface area contributed by atoms with E-state index >= 15 is 0 Å². The SMILES string of the molecule is O=c1cc(C2CCNCC2)nc(C2(c3ccccc3)CCOCC2)[nH]1. The van der Waals surface area contributed by atoms with Gasteiger partial charge in [-0.2, -0.15) is 0 Å². The van der Waals surface area contributed by atoms with Crippen LogP contribution in [0.25, 0.3) is 0 Å². The highest BCUT2D eigenvalue weighted by molar-refractivity contribution is 5.34. The molecule has 25 heavy (non-hydrogen) atoms. The van der Waals surface area contributed by atoms with Gasteiger partial charge in [0.05, 0.1) is 11.1 Å². The molecule has 1 aromatic heterocycles. The lowest BCUT2D eigenvalue weighted by Gasteiger charge is -2.37. The number of H-pyrrole nitrogens is 1. The van der Waals surface area contributed by atoms with Gasteiger partial charge in [-0.1, -0.05) is 30.3 Å². The molecule has 3 heterocycles. The third-order valence-corrected chi connectivity index (χ3v) is 5.64. The van der Waals surface area contributed by atoms with Crippen molar-refractivity contribution >= 4 is 0 Å². The highest BCUT2D eigenvalue weighted by Gasteiger charge is 2.39. The number of piperidine rings is 1. The highest BCUT2D eigenvalue weighted by Crippen LogP contribution is 2.39. The van der Waals surface area contributed by atoms with Crippen LogP contribution in [0.2, 0.25) is 0 Å². The summed E-state index contributed by atoms with van der Waals surface area (Å²) < 4.78 is 5.62. The lowest BCUT2D eigenvalue weighted by molar-refractivity contribution is 0.0602. The van der Waals surface area contributed by atoms with Gasteiger partial charge in [0.25, 0.3) is 5.56 Å². The first-order valence-electron chi connectivity index (χ1n) is 9.24. The van der Waals surface area contributed by atoms with Crippen molar-refractivity contribution in [3.8, 4) is 0 Å². The van der Waals surface area contributed by atoms with Crippen LogP contribution in [0.1, 0.15) is 48.7 Å². The molecule has 0 aliphatic carbocycles. The zero-order valence-electron chi connectivity index (χ0n) is 14.5. The molecular formula is C20H25N3O2. The summed E-state index contributed by atoms with van der Waals surface area (Å²) >= 11 is 0. The molecule has 4 rings (SSSR count). The number of ether oxygens (including phenoxy) is 1. The Balaban J connectivity index is 1.79. The summed E-state index contributed by atoms with van der Waals surface area (Å²) in [5.41, 5.74) is 1.85. The second-order valence-electron chi connectivity index (χ2n) is 7.10.